The number of hydrogen-bond donors (Lipinski definition) is 1. The molecular formula is C12H5Cl5O. The Balaban J connectivity index is 2.73. The first kappa shape index (κ1) is 14.1. The smallest absolute Gasteiger partial charge is 0.134 e. The standard InChI is InChI=1S/C12H5Cl5O/c13-5-1-9(16)12(10(17)2-5)6-3-11(18)8(15)4-7(6)14/h1-4,18H. The minimum Gasteiger partial charge on any atom is -0.506 e. The lowest BCUT2D eigenvalue weighted by Gasteiger charge is -2.11. The average Bonchev–Trinajstić information content (AvgIpc) is 2.24. The lowest BCUT2D eigenvalue weighted by molar-refractivity contribution is 0.476. The van der Waals surface area contributed by atoms with Crippen LogP contribution in [0.5, 0.6) is 5.75 Å². The lowest BCUT2D eigenvalue weighted by Crippen LogP contribution is -1.85. The van der Waals surface area contributed by atoms with Crippen LogP contribution in [0.4, 0.5) is 0 Å². The Morgan fingerprint density at radius 1 is 0.667 bits per heavy atom. The molecule has 2 aromatic rings. The summed E-state index contributed by atoms with van der Waals surface area (Å²) in [5.74, 6) is -0.0989. The summed E-state index contributed by atoms with van der Waals surface area (Å²) in [6, 6.07) is 5.93. The van der Waals surface area contributed by atoms with E-state index < -0.39 is 0 Å². The zero-order chi connectivity index (χ0) is 13.4. The van der Waals surface area contributed by atoms with Gasteiger partial charge in [-0.25, -0.2) is 0 Å². The van der Waals surface area contributed by atoms with E-state index in [0.29, 0.717) is 31.2 Å². The van der Waals surface area contributed by atoms with Crippen molar-refractivity contribution in [2.45, 2.75) is 0 Å². The molecule has 0 fully saturated rings. The molecule has 0 saturated carbocycles. The van der Waals surface area contributed by atoms with E-state index >= 15 is 0 Å². The first-order valence-electron chi connectivity index (χ1n) is 4.73. The van der Waals surface area contributed by atoms with Crippen LogP contribution < -0.4 is 0 Å². The summed E-state index contributed by atoms with van der Waals surface area (Å²) < 4.78 is 0. The van der Waals surface area contributed by atoms with Crippen LogP contribution in [0.15, 0.2) is 24.3 Å². The summed E-state index contributed by atoms with van der Waals surface area (Å²) in [6.07, 6.45) is 0. The van der Waals surface area contributed by atoms with Gasteiger partial charge in [0.05, 0.1) is 20.1 Å². The fourth-order valence-electron chi connectivity index (χ4n) is 1.53. The number of halogens is 5. The van der Waals surface area contributed by atoms with E-state index in [1.54, 1.807) is 12.1 Å². The van der Waals surface area contributed by atoms with E-state index in [0.717, 1.165) is 0 Å². The largest absolute Gasteiger partial charge is 0.506 e. The molecular weight excluding hydrogens is 337 g/mol. The Morgan fingerprint density at radius 3 is 1.78 bits per heavy atom. The van der Waals surface area contributed by atoms with Crippen LogP contribution in [0.25, 0.3) is 11.1 Å². The molecule has 2 aromatic carbocycles. The first-order chi connectivity index (χ1) is 8.40. The molecule has 0 unspecified atom stereocenters. The van der Waals surface area contributed by atoms with Gasteiger partial charge in [0.25, 0.3) is 0 Å². The highest BCUT2D eigenvalue weighted by Gasteiger charge is 2.15. The van der Waals surface area contributed by atoms with Gasteiger partial charge in [-0.2, -0.15) is 0 Å². The van der Waals surface area contributed by atoms with Crippen LogP contribution in [-0.4, -0.2) is 5.11 Å². The van der Waals surface area contributed by atoms with Crippen molar-refractivity contribution >= 4 is 58.0 Å². The van der Waals surface area contributed by atoms with Crippen LogP contribution in [0.2, 0.25) is 25.1 Å². The molecule has 2 rings (SSSR count). The van der Waals surface area contributed by atoms with Crippen LogP contribution >= 0.6 is 58.0 Å². The number of rotatable bonds is 1. The van der Waals surface area contributed by atoms with E-state index in [2.05, 4.69) is 0 Å². The minimum atomic E-state index is -0.0989. The molecule has 0 aliphatic carbocycles. The summed E-state index contributed by atoms with van der Waals surface area (Å²) in [5, 5.41) is 11.2. The normalized spacial score (nSPS) is 10.7. The molecule has 0 radical (unpaired) electrons. The number of phenolic OH excluding ortho intramolecular Hbond substituents is 1. The summed E-state index contributed by atoms with van der Waals surface area (Å²) in [6.45, 7) is 0. The average molecular weight is 342 g/mol. The zero-order valence-electron chi connectivity index (χ0n) is 8.65. The van der Waals surface area contributed by atoms with Crippen molar-refractivity contribution in [3.8, 4) is 16.9 Å². The van der Waals surface area contributed by atoms with E-state index in [1.165, 1.54) is 12.1 Å². The number of hydrogen-bond acceptors (Lipinski definition) is 1. The van der Waals surface area contributed by atoms with Gasteiger partial charge in [0.1, 0.15) is 5.75 Å². The van der Waals surface area contributed by atoms with E-state index in [4.69, 9.17) is 58.0 Å². The van der Waals surface area contributed by atoms with Crippen molar-refractivity contribution in [2.75, 3.05) is 0 Å². The summed E-state index contributed by atoms with van der Waals surface area (Å²) in [7, 11) is 0. The Labute approximate surface area is 129 Å². The van der Waals surface area contributed by atoms with Crippen LogP contribution in [-0.2, 0) is 0 Å². The third-order valence-corrected chi connectivity index (χ3v) is 3.74. The summed E-state index contributed by atoms with van der Waals surface area (Å²) in [4.78, 5) is 0. The van der Waals surface area contributed by atoms with Gasteiger partial charge in [-0.3, -0.25) is 0 Å². The third kappa shape index (κ3) is 2.66. The number of phenols is 1. The fraction of sp³-hybridized carbons (Fsp3) is 0. The van der Waals surface area contributed by atoms with Crippen molar-refractivity contribution in [1.29, 1.82) is 0 Å². The molecule has 0 amide bonds. The molecule has 0 atom stereocenters. The van der Waals surface area contributed by atoms with Gasteiger partial charge in [-0.05, 0) is 24.3 Å². The molecule has 94 valence electrons. The van der Waals surface area contributed by atoms with Gasteiger partial charge in [0.15, 0.2) is 0 Å². The highest BCUT2D eigenvalue weighted by Crippen LogP contribution is 2.43. The second-order valence-corrected chi connectivity index (χ2v) is 5.59. The Bertz CT molecular complexity index is 601. The maximum atomic E-state index is 9.62. The maximum absolute atomic E-state index is 9.62. The quantitative estimate of drug-likeness (QED) is 0.642. The van der Waals surface area contributed by atoms with Gasteiger partial charge in [0.2, 0.25) is 0 Å². The Morgan fingerprint density at radius 2 is 1.22 bits per heavy atom. The van der Waals surface area contributed by atoms with Crippen molar-refractivity contribution in [1.82, 2.24) is 0 Å². The molecule has 0 aliphatic rings. The fourth-order valence-corrected chi connectivity index (χ4v) is 3.03. The van der Waals surface area contributed by atoms with E-state index in [-0.39, 0.29) is 10.8 Å². The first-order valence-corrected chi connectivity index (χ1v) is 6.62. The number of benzene rings is 2. The van der Waals surface area contributed by atoms with Gasteiger partial charge in [-0.1, -0.05) is 58.0 Å². The Kier molecular flexibility index (Phi) is 4.20. The predicted molar refractivity (Wildman–Crippen MR) is 78.6 cm³/mol. The third-order valence-electron chi connectivity index (χ3n) is 2.31. The van der Waals surface area contributed by atoms with Gasteiger partial charge < -0.3 is 5.11 Å². The zero-order valence-corrected chi connectivity index (χ0v) is 12.4. The van der Waals surface area contributed by atoms with Gasteiger partial charge >= 0.3 is 0 Å². The summed E-state index contributed by atoms with van der Waals surface area (Å²) >= 11 is 29.8. The van der Waals surface area contributed by atoms with Gasteiger partial charge in [0, 0.05) is 16.1 Å². The molecule has 6 heteroatoms. The van der Waals surface area contributed by atoms with Crippen molar-refractivity contribution in [2.24, 2.45) is 0 Å². The maximum Gasteiger partial charge on any atom is 0.134 e. The molecule has 0 aliphatic heterocycles. The lowest BCUT2D eigenvalue weighted by atomic mass is 10.1. The van der Waals surface area contributed by atoms with Gasteiger partial charge in [-0.15, -0.1) is 0 Å². The van der Waals surface area contributed by atoms with Crippen LogP contribution in [0.1, 0.15) is 0 Å². The van der Waals surface area contributed by atoms with E-state index in [9.17, 15) is 5.11 Å². The van der Waals surface area contributed by atoms with Crippen molar-refractivity contribution in [3.63, 3.8) is 0 Å². The topological polar surface area (TPSA) is 20.2 Å². The monoisotopic (exact) mass is 340 g/mol. The molecule has 1 N–H and O–H groups in total. The molecule has 18 heavy (non-hydrogen) atoms. The highest BCUT2D eigenvalue weighted by atomic mass is 35.5. The molecule has 0 saturated heterocycles. The predicted octanol–water partition coefficient (Wildman–Crippen LogP) is 6.33. The SMILES string of the molecule is Oc1cc(-c2c(Cl)cc(Cl)cc2Cl)c(Cl)cc1Cl. The highest BCUT2D eigenvalue weighted by molar-refractivity contribution is 6.43. The van der Waals surface area contributed by atoms with Crippen molar-refractivity contribution < 1.29 is 5.11 Å². The molecule has 0 heterocycles. The minimum absolute atomic E-state index is 0.0989. The van der Waals surface area contributed by atoms with Crippen LogP contribution in [0.3, 0.4) is 0 Å². The molecule has 0 bridgehead atoms. The second-order valence-electron chi connectivity index (χ2n) is 3.53. The Hall–Kier alpha value is -0.310. The summed E-state index contributed by atoms with van der Waals surface area (Å²) in [5.41, 5.74) is 0.991. The molecule has 0 aromatic heterocycles. The van der Waals surface area contributed by atoms with Crippen LogP contribution in [0, 0.1) is 0 Å². The number of aromatic hydroxyl groups is 1. The molecule has 1 nitrogen and oxygen atoms in total. The second kappa shape index (κ2) is 5.36. The van der Waals surface area contributed by atoms with E-state index in [1.807, 2.05) is 0 Å². The van der Waals surface area contributed by atoms with Crippen molar-refractivity contribution in [3.05, 3.63) is 49.4 Å². The molecule has 0 spiro atoms.